The molecule has 3 aromatic rings. The number of methoxy groups -OCH3 is 1. The molecule has 3 heterocycles. The molecule has 0 saturated carbocycles. The van der Waals surface area contributed by atoms with Gasteiger partial charge in [0.1, 0.15) is 6.04 Å². The molecule has 8 nitrogen and oxygen atoms in total. The van der Waals surface area contributed by atoms with Crippen LogP contribution in [0, 0.1) is 0 Å². The predicted octanol–water partition coefficient (Wildman–Crippen LogP) is 1.91. The van der Waals surface area contributed by atoms with E-state index in [4.69, 9.17) is 4.74 Å². The van der Waals surface area contributed by atoms with Gasteiger partial charge in [0, 0.05) is 18.2 Å². The summed E-state index contributed by atoms with van der Waals surface area (Å²) in [5.74, 6) is 0.690. The molecule has 1 aliphatic heterocycles. The van der Waals surface area contributed by atoms with Crippen LogP contribution < -0.4 is 5.56 Å². The maximum Gasteiger partial charge on any atom is 0.253 e. The van der Waals surface area contributed by atoms with Crippen LogP contribution in [0.15, 0.2) is 29.1 Å². The lowest BCUT2D eigenvalue weighted by Crippen LogP contribution is -2.33. The predicted molar refractivity (Wildman–Crippen MR) is 106 cm³/mol. The van der Waals surface area contributed by atoms with Crippen LogP contribution in [0.3, 0.4) is 0 Å². The summed E-state index contributed by atoms with van der Waals surface area (Å²) in [6.07, 6.45) is 3.18. The highest BCUT2D eigenvalue weighted by Gasteiger charge is 2.31. The lowest BCUT2D eigenvalue weighted by molar-refractivity contribution is 0.178. The highest BCUT2D eigenvalue weighted by atomic mass is 16.5. The number of pyridine rings is 1. The summed E-state index contributed by atoms with van der Waals surface area (Å²) < 4.78 is 6.94. The Morgan fingerprint density at radius 3 is 2.82 bits per heavy atom. The number of aromatic nitrogens is 5. The SMILES string of the molecule is CCc1ccc2[nH]c(=O)c(C(c3nnnn3CCOC)N3CCCC3)cc2c1. The van der Waals surface area contributed by atoms with Crippen LogP contribution in [0.4, 0.5) is 0 Å². The average Bonchev–Trinajstić information content (AvgIpc) is 3.39. The molecule has 8 heteroatoms. The van der Waals surface area contributed by atoms with Crippen LogP contribution in [0.1, 0.15) is 42.8 Å². The molecule has 0 spiro atoms. The van der Waals surface area contributed by atoms with Crippen molar-refractivity contribution in [3.8, 4) is 0 Å². The van der Waals surface area contributed by atoms with Crippen LogP contribution in [0.2, 0.25) is 0 Å². The van der Waals surface area contributed by atoms with Gasteiger partial charge in [-0.05, 0) is 71.9 Å². The van der Waals surface area contributed by atoms with Crippen molar-refractivity contribution >= 4 is 10.9 Å². The van der Waals surface area contributed by atoms with E-state index in [9.17, 15) is 4.79 Å². The highest BCUT2D eigenvalue weighted by molar-refractivity contribution is 5.80. The zero-order valence-electron chi connectivity index (χ0n) is 16.4. The molecule has 28 heavy (non-hydrogen) atoms. The van der Waals surface area contributed by atoms with E-state index in [0.717, 1.165) is 43.3 Å². The second kappa shape index (κ2) is 8.20. The molecule has 1 unspecified atom stereocenters. The highest BCUT2D eigenvalue weighted by Crippen LogP contribution is 2.29. The number of tetrazole rings is 1. The summed E-state index contributed by atoms with van der Waals surface area (Å²) in [6.45, 7) is 5.04. The Bertz CT molecular complexity index is 1010. The number of ether oxygens (including phenoxy) is 1. The summed E-state index contributed by atoms with van der Waals surface area (Å²) in [7, 11) is 1.65. The minimum Gasteiger partial charge on any atom is -0.383 e. The molecule has 148 valence electrons. The number of hydrogen-bond acceptors (Lipinski definition) is 6. The minimum absolute atomic E-state index is 0.0880. The van der Waals surface area contributed by atoms with Crippen molar-refractivity contribution in [2.45, 2.75) is 38.8 Å². The molecule has 2 aromatic heterocycles. The Labute approximate surface area is 163 Å². The number of H-pyrrole nitrogens is 1. The van der Waals surface area contributed by atoms with Crippen LogP contribution >= 0.6 is 0 Å². The number of likely N-dealkylation sites (tertiary alicyclic amines) is 1. The van der Waals surface area contributed by atoms with Gasteiger partial charge in [0.15, 0.2) is 5.82 Å². The van der Waals surface area contributed by atoms with E-state index in [-0.39, 0.29) is 11.6 Å². The first-order valence-electron chi connectivity index (χ1n) is 9.86. The fourth-order valence-electron chi connectivity index (χ4n) is 3.94. The van der Waals surface area contributed by atoms with Crippen LogP contribution in [-0.2, 0) is 17.7 Å². The summed E-state index contributed by atoms with van der Waals surface area (Å²) in [5.41, 5.74) is 2.70. The molecule has 0 radical (unpaired) electrons. The Hall–Kier alpha value is -2.58. The van der Waals surface area contributed by atoms with Crippen molar-refractivity contribution in [3.05, 3.63) is 51.6 Å². The molecule has 4 rings (SSSR count). The van der Waals surface area contributed by atoms with Gasteiger partial charge in [-0.1, -0.05) is 13.0 Å². The number of nitrogens with zero attached hydrogens (tertiary/aromatic N) is 5. The van der Waals surface area contributed by atoms with Crippen molar-refractivity contribution in [3.63, 3.8) is 0 Å². The lowest BCUT2D eigenvalue weighted by Gasteiger charge is -2.26. The molecule has 1 atom stereocenters. The topological polar surface area (TPSA) is 88.9 Å². The fourth-order valence-corrected chi connectivity index (χ4v) is 3.94. The largest absolute Gasteiger partial charge is 0.383 e. The summed E-state index contributed by atoms with van der Waals surface area (Å²) in [4.78, 5) is 18.4. The molecular weight excluding hydrogens is 356 g/mol. The second-order valence-corrected chi connectivity index (χ2v) is 7.23. The Kier molecular flexibility index (Phi) is 5.50. The van der Waals surface area contributed by atoms with E-state index in [2.05, 4.69) is 44.5 Å². The summed E-state index contributed by atoms with van der Waals surface area (Å²) in [6, 6.07) is 7.91. The van der Waals surface area contributed by atoms with Gasteiger partial charge in [-0.3, -0.25) is 9.69 Å². The van der Waals surface area contributed by atoms with E-state index >= 15 is 0 Å². The zero-order chi connectivity index (χ0) is 19.5. The number of hydrogen-bond donors (Lipinski definition) is 1. The molecule has 1 fully saturated rings. The van der Waals surface area contributed by atoms with Gasteiger partial charge in [0.2, 0.25) is 0 Å². The van der Waals surface area contributed by atoms with E-state index in [1.807, 2.05) is 12.1 Å². The third kappa shape index (κ3) is 3.57. The molecule has 0 amide bonds. The smallest absolute Gasteiger partial charge is 0.253 e. The molecular formula is C20H26N6O2. The molecule has 0 aliphatic carbocycles. The monoisotopic (exact) mass is 382 g/mol. The number of fused-ring (bicyclic) bond motifs is 1. The Morgan fingerprint density at radius 2 is 2.07 bits per heavy atom. The van der Waals surface area contributed by atoms with Gasteiger partial charge in [-0.2, -0.15) is 0 Å². The number of rotatable bonds is 7. The summed E-state index contributed by atoms with van der Waals surface area (Å²) >= 11 is 0. The van der Waals surface area contributed by atoms with E-state index in [1.165, 1.54) is 5.56 Å². The van der Waals surface area contributed by atoms with Crippen molar-refractivity contribution in [1.82, 2.24) is 30.1 Å². The average molecular weight is 382 g/mol. The van der Waals surface area contributed by atoms with Crippen LogP contribution in [-0.4, -0.2) is 56.9 Å². The zero-order valence-corrected chi connectivity index (χ0v) is 16.4. The van der Waals surface area contributed by atoms with Gasteiger partial charge in [0.05, 0.1) is 13.2 Å². The van der Waals surface area contributed by atoms with Gasteiger partial charge < -0.3 is 9.72 Å². The maximum absolute atomic E-state index is 13.0. The number of aromatic amines is 1. The molecule has 1 saturated heterocycles. The van der Waals surface area contributed by atoms with Gasteiger partial charge in [-0.15, -0.1) is 5.10 Å². The van der Waals surface area contributed by atoms with Gasteiger partial charge in [-0.25, -0.2) is 4.68 Å². The number of nitrogens with one attached hydrogen (secondary N) is 1. The quantitative estimate of drug-likeness (QED) is 0.671. The number of benzene rings is 1. The normalized spacial score (nSPS) is 16.1. The van der Waals surface area contributed by atoms with Crippen LogP contribution in [0.25, 0.3) is 10.9 Å². The first-order valence-corrected chi connectivity index (χ1v) is 9.86. The van der Waals surface area contributed by atoms with Crippen molar-refractivity contribution in [1.29, 1.82) is 0 Å². The van der Waals surface area contributed by atoms with Gasteiger partial charge in [0.25, 0.3) is 5.56 Å². The third-order valence-electron chi connectivity index (χ3n) is 5.46. The summed E-state index contributed by atoms with van der Waals surface area (Å²) in [5, 5.41) is 13.3. The number of aryl methyl sites for hydroxylation is 1. The Balaban J connectivity index is 1.84. The molecule has 1 aliphatic rings. The van der Waals surface area contributed by atoms with Crippen molar-refractivity contribution < 1.29 is 4.74 Å². The third-order valence-corrected chi connectivity index (χ3v) is 5.46. The van der Waals surface area contributed by atoms with Gasteiger partial charge >= 0.3 is 0 Å². The van der Waals surface area contributed by atoms with Crippen LogP contribution in [0.5, 0.6) is 0 Å². The first kappa shape index (κ1) is 18.8. The van der Waals surface area contributed by atoms with Crippen molar-refractivity contribution in [2.75, 3.05) is 26.8 Å². The molecule has 0 bridgehead atoms. The standard InChI is InChI=1S/C20H26N6O2/c1-3-14-6-7-17-15(12-14)13-16(20(27)21-17)18(25-8-4-5-9-25)19-22-23-24-26(19)10-11-28-2/h6-7,12-13,18H,3-5,8-11H2,1-2H3,(H,21,27). The van der Waals surface area contributed by atoms with E-state index in [0.29, 0.717) is 24.5 Å². The lowest BCUT2D eigenvalue weighted by atomic mass is 10.0. The second-order valence-electron chi connectivity index (χ2n) is 7.23. The molecule has 1 aromatic carbocycles. The first-order chi connectivity index (χ1) is 13.7. The van der Waals surface area contributed by atoms with Crippen molar-refractivity contribution in [2.24, 2.45) is 0 Å². The molecule has 1 N–H and O–H groups in total. The van der Waals surface area contributed by atoms with E-state index in [1.54, 1.807) is 11.8 Å². The maximum atomic E-state index is 13.0. The Morgan fingerprint density at radius 1 is 1.25 bits per heavy atom. The minimum atomic E-state index is -0.271. The van der Waals surface area contributed by atoms with E-state index < -0.39 is 0 Å². The fraction of sp³-hybridized carbons (Fsp3) is 0.500.